The van der Waals surface area contributed by atoms with Gasteiger partial charge in [0.2, 0.25) is 11.8 Å². The van der Waals surface area contributed by atoms with Crippen molar-refractivity contribution in [3.05, 3.63) is 114 Å². The lowest BCUT2D eigenvalue weighted by atomic mass is 9.69. The van der Waals surface area contributed by atoms with Crippen LogP contribution in [0, 0.1) is 17.8 Å². The monoisotopic (exact) mass is 586 g/mol. The molecular weight excluding hydrogens is 552 g/mol. The summed E-state index contributed by atoms with van der Waals surface area (Å²) in [7, 11) is 1.67. The predicted octanol–water partition coefficient (Wildman–Crippen LogP) is 6.43. The van der Waals surface area contributed by atoms with Crippen LogP contribution in [0.3, 0.4) is 0 Å². The summed E-state index contributed by atoms with van der Waals surface area (Å²) >= 11 is 0. The first-order valence-corrected chi connectivity index (χ1v) is 15.1. The molecule has 0 radical (unpaired) electrons. The highest BCUT2D eigenvalue weighted by Gasteiger charge is 2.57. The van der Waals surface area contributed by atoms with Gasteiger partial charge in [-0.15, -0.1) is 0 Å². The average molecular weight is 587 g/mol. The van der Waals surface area contributed by atoms with Crippen LogP contribution in [-0.2, 0) is 19.1 Å². The Hall–Kier alpha value is -4.59. The summed E-state index contributed by atoms with van der Waals surface area (Å²) in [5, 5.41) is 12.2. The number of carbonyl (C=O) groups excluding carboxylic acids is 2. The molecule has 7 heteroatoms. The van der Waals surface area contributed by atoms with Crippen molar-refractivity contribution in [1.29, 1.82) is 0 Å². The number of allylic oxidation sites excluding steroid dienone is 1. The van der Waals surface area contributed by atoms with E-state index in [0.29, 0.717) is 38.2 Å². The Labute approximate surface area is 256 Å². The lowest BCUT2D eigenvalue weighted by molar-refractivity contribution is -0.122. The third-order valence-electron chi connectivity index (χ3n) is 9.28. The number of amides is 2. The van der Waals surface area contributed by atoms with Gasteiger partial charge in [0.1, 0.15) is 5.75 Å². The van der Waals surface area contributed by atoms with Gasteiger partial charge in [-0.1, -0.05) is 54.6 Å². The zero-order chi connectivity index (χ0) is 30.2. The molecule has 3 aromatic carbocycles. The van der Waals surface area contributed by atoms with Crippen LogP contribution in [0.1, 0.15) is 30.5 Å². The summed E-state index contributed by atoms with van der Waals surface area (Å²) in [4.78, 5) is 33.5. The summed E-state index contributed by atoms with van der Waals surface area (Å²) in [5.74, 6) is -1.02. The third-order valence-corrected chi connectivity index (χ3v) is 9.28. The minimum Gasteiger partial charge on any atom is -0.507 e. The number of anilines is 1. The van der Waals surface area contributed by atoms with Gasteiger partial charge in [-0.2, -0.15) is 0 Å². The molecule has 2 saturated heterocycles. The van der Waals surface area contributed by atoms with Gasteiger partial charge < -0.3 is 14.6 Å². The third kappa shape index (κ3) is 4.92. The van der Waals surface area contributed by atoms with Crippen LogP contribution in [0.5, 0.6) is 5.75 Å². The van der Waals surface area contributed by atoms with E-state index in [1.165, 1.54) is 4.90 Å². The molecule has 2 amide bonds. The maximum absolute atomic E-state index is 13.8. The van der Waals surface area contributed by atoms with Crippen LogP contribution in [0.15, 0.2) is 102 Å². The molecule has 2 aliphatic heterocycles. The highest BCUT2D eigenvalue weighted by molar-refractivity contribution is 6.22. The Kier molecular flexibility index (Phi) is 7.58. The van der Waals surface area contributed by atoms with Crippen molar-refractivity contribution < 1.29 is 24.2 Å². The second-order valence-corrected chi connectivity index (χ2v) is 11.7. The molecule has 4 aromatic rings. The Morgan fingerprint density at radius 3 is 2.50 bits per heavy atom. The quantitative estimate of drug-likeness (QED) is 0.189. The van der Waals surface area contributed by atoms with E-state index in [-0.39, 0.29) is 29.6 Å². The first kappa shape index (κ1) is 28.2. The van der Waals surface area contributed by atoms with E-state index in [1.807, 2.05) is 78.9 Å². The maximum Gasteiger partial charge on any atom is 0.238 e. The molecule has 0 spiro atoms. The van der Waals surface area contributed by atoms with Gasteiger partial charge in [-0.05, 0) is 83.3 Å². The van der Waals surface area contributed by atoms with Crippen molar-refractivity contribution in [2.75, 3.05) is 25.2 Å². The Balaban J connectivity index is 1.20. The molecule has 0 bridgehead atoms. The molecule has 3 heterocycles. The van der Waals surface area contributed by atoms with E-state index < -0.39 is 11.8 Å². The normalized spacial score (nSPS) is 23.4. The van der Waals surface area contributed by atoms with Crippen molar-refractivity contribution in [3.8, 4) is 5.75 Å². The number of carbonyl (C=O) groups is 2. The standard InChI is InChI=1S/C37H34N2O5/c1-43-21-25-20-29-35(37(42)39(36(29)41)26-9-3-2-4-10-26)30-22-44-33(34(25)30)17-15-24(31-13-7-8-18-38-31)19-23-14-16-32(40)28-12-6-5-11-27(23)28/h2-14,16,18-19,29-30,33,35,40H,15,17,20-22H2,1H3/b24-19-/t29-,30+,33-,35-/m1/s1. The molecule has 4 atom stereocenters. The van der Waals surface area contributed by atoms with Crippen LogP contribution < -0.4 is 4.90 Å². The molecule has 0 unspecified atom stereocenters. The second-order valence-electron chi connectivity index (χ2n) is 11.7. The molecule has 44 heavy (non-hydrogen) atoms. The number of rotatable bonds is 8. The van der Waals surface area contributed by atoms with Crippen LogP contribution in [-0.4, -0.2) is 48.3 Å². The van der Waals surface area contributed by atoms with Crippen LogP contribution in [0.2, 0.25) is 0 Å². The van der Waals surface area contributed by atoms with Gasteiger partial charge in [0.15, 0.2) is 0 Å². The largest absolute Gasteiger partial charge is 0.507 e. The van der Waals surface area contributed by atoms with Crippen molar-refractivity contribution in [2.45, 2.75) is 25.4 Å². The van der Waals surface area contributed by atoms with Crippen molar-refractivity contribution in [2.24, 2.45) is 17.8 Å². The van der Waals surface area contributed by atoms with Crippen molar-refractivity contribution in [1.82, 2.24) is 4.98 Å². The smallest absolute Gasteiger partial charge is 0.238 e. The molecule has 2 fully saturated rings. The number of ether oxygens (including phenoxy) is 2. The fourth-order valence-electron chi connectivity index (χ4n) is 7.34. The number of phenolic OH excluding ortho intramolecular Hbond substituents is 1. The minimum atomic E-state index is -0.433. The Morgan fingerprint density at radius 1 is 0.955 bits per heavy atom. The predicted molar refractivity (Wildman–Crippen MR) is 170 cm³/mol. The van der Waals surface area contributed by atoms with Crippen LogP contribution in [0.4, 0.5) is 5.69 Å². The highest BCUT2D eigenvalue weighted by Crippen LogP contribution is 2.50. The molecule has 7 nitrogen and oxygen atoms in total. The lowest BCUT2D eigenvalue weighted by Crippen LogP contribution is -2.35. The summed E-state index contributed by atoms with van der Waals surface area (Å²) < 4.78 is 12.1. The fourth-order valence-corrected chi connectivity index (χ4v) is 7.34. The number of methoxy groups -OCH3 is 1. The highest BCUT2D eigenvalue weighted by atomic mass is 16.5. The SMILES string of the molecule is COCC1=C2[C@@H](CC/C(=C/c3ccc(O)c4ccccc34)c3ccccn3)OC[C@@H]2[C@@H]2C(=O)N(c3ccccc3)C(=O)[C@@H]2C1. The number of hydrogen-bond donors (Lipinski definition) is 1. The van der Waals surface area contributed by atoms with E-state index in [0.717, 1.165) is 38.7 Å². The second kappa shape index (κ2) is 11.8. The molecular formula is C37H34N2O5. The zero-order valence-corrected chi connectivity index (χ0v) is 24.6. The van der Waals surface area contributed by atoms with Gasteiger partial charge >= 0.3 is 0 Å². The van der Waals surface area contributed by atoms with Gasteiger partial charge in [-0.25, -0.2) is 0 Å². The van der Waals surface area contributed by atoms with Crippen LogP contribution >= 0.6 is 0 Å². The van der Waals surface area contributed by atoms with E-state index in [4.69, 9.17) is 9.47 Å². The van der Waals surface area contributed by atoms with Gasteiger partial charge in [0.05, 0.1) is 42.5 Å². The van der Waals surface area contributed by atoms with E-state index in [2.05, 4.69) is 11.1 Å². The summed E-state index contributed by atoms with van der Waals surface area (Å²) in [6, 6.07) is 26.6. The summed E-state index contributed by atoms with van der Waals surface area (Å²) in [6.45, 7) is 0.811. The number of phenols is 1. The number of hydrogen-bond acceptors (Lipinski definition) is 6. The average Bonchev–Trinajstić information content (AvgIpc) is 3.59. The molecule has 7 rings (SSSR count). The van der Waals surface area contributed by atoms with Crippen molar-refractivity contribution >= 4 is 39.9 Å². The number of aromatic hydroxyl groups is 1. The number of nitrogens with zero attached hydrogens (tertiary/aromatic N) is 2. The number of imide groups is 1. The number of benzene rings is 3. The first-order chi connectivity index (χ1) is 21.5. The van der Waals surface area contributed by atoms with E-state index in [9.17, 15) is 14.7 Å². The van der Waals surface area contributed by atoms with Crippen LogP contribution in [0.25, 0.3) is 22.4 Å². The Bertz CT molecular complexity index is 1780. The van der Waals surface area contributed by atoms with Gasteiger partial charge in [0.25, 0.3) is 0 Å². The first-order valence-electron chi connectivity index (χ1n) is 15.1. The maximum atomic E-state index is 13.8. The minimum absolute atomic E-state index is 0.135. The fraction of sp³-hybridized carbons (Fsp3) is 0.270. The van der Waals surface area contributed by atoms with Crippen molar-refractivity contribution in [3.63, 3.8) is 0 Å². The summed E-state index contributed by atoms with van der Waals surface area (Å²) in [5.41, 5.74) is 5.75. The number of pyridine rings is 1. The lowest BCUT2D eigenvalue weighted by Gasteiger charge is -2.31. The molecule has 3 aliphatic rings. The Morgan fingerprint density at radius 2 is 1.73 bits per heavy atom. The molecule has 1 N–H and O–H groups in total. The number of fused-ring (bicyclic) bond motifs is 4. The topological polar surface area (TPSA) is 89.0 Å². The molecule has 222 valence electrons. The van der Waals surface area contributed by atoms with E-state index >= 15 is 0 Å². The number of para-hydroxylation sites is 1. The molecule has 1 aromatic heterocycles. The van der Waals surface area contributed by atoms with E-state index in [1.54, 1.807) is 19.4 Å². The number of aromatic nitrogens is 1. The molecule has 1 aliphatic carbocycles. The van der Waals surface area contributed by atoms with Gasteiger partial charge in [-0.3, -0.25) is 19.5 Å². The summed E-state index contributed by atoms with van der Waals surface area (Å²) in [6.07, 6.45) is 5.63. The zero-order valence-electron chi connectivity index (χ0n) is 24.6. The molecule has 0 saturated carbocycles. The van der Waals surface area contributed by atoms with Gasteiger partial charge in [0, 0.05) is 24.6 Å².